The van der Waals surface area contributed by atoms with Gasteiger partial charge in [-0.1, -0.05) is 11.6 Å². The van der Waals surface area contributed by atoms with E-state index in [1.807, 2.05) is 13.8 Å². The third kappa shape index (κ3) is 4.61. The molecule has 18 heavy (non-hydrogen) atoms. The number of phosphoric acid groups is 1. The average Bonchev–Trinajstić information content (AvgIpc) is 2.38. The Kier molecular flexibility index (Phi) is 7.55. The standard InChI is InChI=1S/C10H19ClNO5P/c1-6-12(7-2)10(13)9(11)8(3)17-18(14,15-4)16-5/h6-7H2,1-5H3. The van der Waals surface area contributed by atoms with E-state index in [0.29, 0.717) is 13.1 Å². The zero-order valence-corrected chi connectivity index (χ0v) is 12.9. The summed E-state index contributed by atoms with van der Waals surface area (Å²) >= 11 is 5.89. The fourth-order valence-corrected chi connectivity index (χ4v) is 2.09. The molecule has 0 aliphatic carbocycles. The fraction of sp³-hybridized carbons (Fsp3) is 0.700. The van der Waals surface area contributed by atoms with Crippen molar-refractivity contribution in [3.8, 4) is 0 Å². The lowest BCUT2D eigenvalue weighted by molar-refractivity contribution is -0.126. The number of carbonyl (C=O) groups excluding carboxylic acids is 1. The molecule has 0 radical (unpaired) electrons. The minimum absolute atomic E-state index is 0.000556. The topological polar surface area (TPSA) is 65.1 Å². The minimum Gasteiger partial charge on any atom is -0.407 e. The first kappa shape index (κ1) is 17.4. The van der Waals surface area contributed by atoms with E-state index in [1.54, 1.807) is 0 Å². The molecule has 0 heterocycles. The SMILES string of the molecule is CCN(CC)C(=O)C(Cl)=C(C)OP(=O)(OC)OC. The summed E-state index contributed by atoms with van der Waals surface area (Å²) in [5.41, 5.74) is 0. The molecule has 0 aromatic rings. The van der Waals surface area contributed by atoms with Crippen LogP contribution in [-0.2, 0) is 22.9 Å². The molecule has 0 unspecified atom stereocenters. The molecule has 0 aliphatic rings. The van der Waals surface area contributed by atoms with Gasteiger partial charge in [0.25, 0.3) is 5.91 Å². The van der Waals surface area contributed by atoms with Crippen LogP contribution in [-0.4, -0.2) is 38.1 Å². The number of allylic oxidation sites excluding steroid dienone is 1. The van der Waals surface area contributed by atoms with Crippen LogP contribution in [0.2, 0.25) is 0 Å². The summed E-state index contributed by atoms with van der Waals surface area (Å²) in [4.78, 5) is 13.4. The lowest BCUT2D eigenvalue weighted by Gasteiger charge is -2.20. The van der Waals surface area contributed by atoms with Crippen molar-refractivity contribution in [2.24, 2.45) is 0 Å². The number of phosphoric ester groups is 1. The predicted octanol–water partition coefficient (Wildman–Crippen LogP) is 2.74. The second-order valence-corrected chi connectivity index (χ2v) is 5.44. The van der Waals surface area contributed by atoms with Gasteiger partial charge in [0.05, 0.1) is 0 Å². The van der Waals surface area contributed by atoms with E-state index in [4.69, 9.17) is 16.1 Å². The van der Waals surface area contributed by atoms with E-state index in [-0.39, 0.29) is 10.8 Å². The summed E-state index contributed by atoms with van der Waals surface area (Å²) in [5.74, 6) is -0.390. The van der Waals surface area contributed by atoms with E-state index in [0.717, 1.165) is 0 Å². The van der Waals surface area contributed by atoms with E-state index < -0.39 is 13.7 Å². The van der Waals surface area contributed by atoms with Crippen LogP contribution in [0.25, 0.3) is 0 Å². The van der Waals surface area contributed by atoms with Gasteiger partial charge in [-0.2, -0.15) is 0 Å². The molecule has 0 bridgehead atoms. The smallest absolute Gasteiger partial charge is 0.407 e. The molecule has 1 amide bonds. The van der Waals surface area contributed by atoms with Gasteiger partial charge in [-0.25, -0.2) is 4.57 Å². The zero-order valence-electron chi connectivity index (χ0n) is 11.2. The molecule has 0 fully saturated rings. The van der Waals surface area contributed by atoms with Crippen molar-refractivity contribution < 1.29 is 22.9 Å². The largest absolute Gasteiger partial charge is 0.529 e. The molecule has 8 heteroatoms. The molecular formula is C10H19ClNO5P. The van der Waals surface area contributed by atoms with Crippen LogP contribution in [0.3, 0.4) is 0 Å². The van der Waals surface area contributed by atoms with Crippen LogP contribution < -0.4 is 0 Å². The second-order valence-electron chi connectivity index (χ2n) is 3.25. The van der Waals surface area contributed by atoms with Gasteiger partial charge in [-0.3, -0.25) is 13.8 Å². The van der Waals surface area contributed by atoms with Crippen molar-refractivity contribution in [2.75, 3.05) is 27.3 Å². The van der Waals surface area contributed by atoms with Gasteiger partial charge in [0.2, 0.25) is 0 Å². The third-order valence-electron chi connectivity index (χ3n) is 2.24. The lowest BCUT2D eigenvalue weighted by Crippen LogP contribution is -2.31. The number of hydrogen-bond donors (Lipinski definition) is 0. The van der Waals surface area contributed by atoms with Crippen molar-refractivity contribution in [3.05, 3.63) is 10.8 Å². The van der Waals surface area contributed by atoms with E-state index in [1.165, 1.54) is 26.0 Å². The number of halogens is 1. The highest BCUT2D eigenvalue weighted by atomic mass is 35.5. The van der Waals surface area contributed by atoms with Gasteiger partial charge in [0.15, 0.2) is 0 Å². The Morgan fingerprint density at radius 3 is 2.00 bits per heavy atom. The maximum absolute atomic E-state index is 11.9. The average molecular weight is 300 g/mol. The van der Waals surface area contributed by atoms with Crippen LogP contribution in [0.15, 0.2) is 10.8 Å². The Morgan fingerprint density at radius 1 is 1.22 bits per heavy atom. The fourth-order valence-electron chi connectivity index (χ4n) is 1.16. The first-order valence-corrected chi connectivity index (χ1v) is 7.25. The summed E-state index contributed by atoms with van der Waals surface area (Å²) in [6.45, 7) is 6.12. The monoisotopic (exact) mass is 299 g/mol. The van der Waals surface area contributed by atoms with Crippen molar-refractivity contribution in [2.45, 2.75) is 20.8 Å². The van der Waals surface area contributed by atoms with Crippen molar-refractivity contribution in [3.63, 3.8) is 0 Å². The number of carbonyl (C=O) groups is 1. The van der Waals surface area contributed by atoms with Crippen LogP contribution >= 0.6 is 19.4 Å². The Labute approximate surface area is 112 Å². The van der Waals surface area contributed by atoms with Crippen molar-refractivity contribution in [1.29, 1.82) is 0 Å². The molecule has 0 saturated carbocycles. The summed E-state index contributed by atoms with van der Waals surface area (Å²) in [6, 6.07) is 0. The molecule has 0 aromatic carbocycles. The summed E-state index contributed by atoms with van der Waals surface area (Å²) < 4.78 is 25.9. The number of rotatable bonds is 7. The Hall–Kier alpha value is -0.550. The first-order chi connectivity index (χ1) is 8.35. The molecule has 106 valence electrons. The molecule has 0 aromatic heterocycles. The summed E-state index contributed by atoms with van der Waals surface area (Å²) in [6.07, 6.45) is 0. The van der Waals surface area contributed by atoms with Gasteiger partial charge in [-0.05, 0) is 20.8 Å². The van der Waals surface area contributed by atoms with Crippen LogP contribution in [0.4, 0.5) is 0 Å². The van der Waals surface area contributed by atoms with Gasteiger partial charge in [0.1, 0.15) is 10.8 Å². The summed E-state index contributed by atoms with van der Waals surface area (Å²) in [7, 11) is -1.33. The summed E-state index contributed by atoms with van der Waals surface area (Å²) in [5, 5.41) is -0.145. The molecule has 0 atom stereocenters. The molecule has 0 aliphatic heterocycles. The number of hydrogen-bond acceptors (Lipinski definition) is 5. The molecule has 0 spiro atoms. The van der Waals surface area contributed by atoms with Crippen LogP contribution in [0, 0.1) is 0 Å². The number of likely N-dealkylation sites (N-methyl/N-ethyl adjacent to an activating group) is 1. The molecular weight excluding hydrogens is 281 g/mol. The minimum atomic E-state index is -3.69. The Morgan fingerprint density at radius 2 is 1.67 bits per heavy atom. The maximum Gasteiger partial charge on any atom is 0.529 e. The number of nitrogens with zero attached hydrogens (tertiary/aromatic N) is 1. The normalized spacial score (nSPS) is 13.0. The maximum atomic E-state index is 11.9. The third-order valence-corrected chi connectivity index (χ3v) is 4.06. The van der Waals surface area contributed by atoms with Gasteiger partial charge in [0, 0.05) is 27.3 Å². The predicted molar refractivity (Wildman–Crippen MR) is 69.2 cm³/mol. The quantitative estimate of drug-likeness (QED) is 0.411. The molecule has 0 rings (SSSR count). The van der Waals surface area contributed by atoms with Crippen molar-refractivity contribution in [1.82, 2.24) is 4.90 Å². The van der Waals surface area contributed by atoms with E-state index >= 15 is 0 Å². The van der Waals surface area contributed by atoms with Crippen LogP contribution in [0.5, 0.6) is 0 Å². The highest BCUT2D eigenvalue weighted by Crippen LogP contribution is 2.50. The van der Waals surface area contributed by atoms with E-state index in [9.17, 15) is 9.36 Å². The Balaban J connectivity index is 5.02. The molecule has 6 nitrogen and oxygen atoms in total. The lowest BCUT2D eigenvalue weighted by atomic mass is 10.4. The van der Waals surface area contributed by atoms with E-state index in [2.05, 4.69) is 9.05 Å². The number of amides is 1. The van der Waals surface area contributed by atoms with Gasteiger partial charge < -0.3 is 9.42 Å². The molecule has 0 saturated heterocycles. The van der Waals surface area contributed by atoms with Crippen LogP contribution in [0.1, 0.15) is 20.8 Å². The molecule has 0 N–H and O–H groups in total. The first-order valence-electron chi connectivity index (χ1n) is 5.41. The van der Waals surface area contributed by atoms with Gasteiger partial charge in [-0.15, -0.1) is 0 Å². The Bertz CT molecular complexity index is 359. The zero-order chi connectivity index (χ0) is 14.3. The second kappa shape index (κ2) is 7.79. The van der Waals surface area contributed by atoms with Crippen molar-refractivity contribution >= 4 is 25.3 Å². The highest BCUT2D eigenvalue weighted by Gasteiger charge is 2.27. The highest BCUT2D eigenvalue weighted by molar-refractivity contribution is 7.48. The van der Waals surface area contributed by atoms with Gasteiger partial charge >= 0.3 is 7.82 Å².